The van der Waals surface area contributed by atoms with Crippen LogP contribution in [0.25, 0.3) is 0 Å². The molecule has 0 aliphatic heterocycles. The monoisotopic (exact) mass is 228 g/mol. The van der Waals surface area contributed by atoms with Gasteiger partial charge in [-0.3, -0.25) is 4.79 Å². The summed E-state index contributed by atoms with van der Waals surface area (Å²) in [7, 11) is 0. The molecule has 0 aromatic rings. The predicted molar refractivity (Wildman–Crippen MR) is 69.1 cm³/mol. The Labute approximate surface area is 100 Å². The van der Waals surface area contributed by atoms with E-state index in [1.165, 1.54) is 0 Å². The molecule has 0 radical (unpaired) electrons. The number of carbonyl (C=O) groups excluding carboxylic acids is 1. The Hall–Kier alpha value is -0.570. The maximum absolute atomic E-state index is 11.9. The van der Waals surface area contributed by atoms with Gasteiger partial charge in [-0.25, -0.2) is 0 Å². The summed E-state index contributed by atoms with van der Waals surface area (Å²) in [6.07, 6.45) is 1.77. The molecule has 0 fully saturated rings. The standard InChI is InChI=1S/C13H28N2O/c1-7-13(14,8-2)9-15-11(16)10(3)12(4,5)6/h10H,7-9,14H2,1-6H3,(H,15,16). The van der Waals surface area contributed by atoms with Gasteiger partial charge >= 0.3 is 0 Å². The molecule has 0 aliphatic rings. The van der Waals surface area contributed by atoms with Crippen LogP contribution in [0.5, 0.6) is 0 Å². The first-order valence-corrected chi connectivity index (χ1v) is 6.23. The minimum Gasteiger partial charge on any atom is -0.354 e. The lowest BCUT2D eigenvalue weighted by Crippen LogP contribution is -2.51. The molecule has 0 rings (SSSR count). The summed E-state index contributed by atoms with van der Waals surface area (Å²) < 4.78 is 0. The molecule has 3 heteroatoms. The second kappa shape index (κ2) is 5.67. The van der Waals surface area contributed by atoms with Gasteiger partial charge in [-0.2, -0.15) is 0 Å². The molecule has 16 heavy (non-hydrogen) atoms. The molecule has 0 saturated heterocycles. The van der Waals surface area contributed by atoms with E-state index in [-0.39, 0.29) is 22.8 Å². The molecule has 0 heterocycles. The van der Waals surface area contributed by atoms with Gasteiger partial charge in [0, 0.05) is 18.0 Å². The average Bonchev–Trinajstić information content (AvgIpc) is 2.23. The summed E-state index contributed by atoms with van der Waals surface area (Å²) in [5.41, 5.74) is 5.88. The Balaban J connectivity index is 4.28. The van der Waals surface area contributed by atoms with Gasteiger partial charge in [0.2, 0.25) is 5.91 Å². The number of nitrogens with two attached hydrogens (primary N) is 1. The van der Waals surface area contributed by atoms with E-state index >= 15 is 0 Å². The van der Waals surface area contributed by atoms with Crippen molar-refractivity contribution in [1.29, 1.82) is 0 Å². The zero-order valence-corrected chi connectivity index (χ0v) is 11.7. The van der Waals surface area contributed by atoms with Crippen LogP contribution < -0.4 is 11.1 Å². The van der Waals surface area contributed by atoms with Gasteiger partial charge in [0.1, 0.15) is 0 Å². The Morgan fingerprint density at radius 2 is 1.69 bits per heavy atom. The minimum atomic E-state index is -0.257. The lowest BCUT2D eigenvalue weighted by molar-refractivity contribution is -0.127. The fourth-order valence-electron chi connectivity index (χ4n) is 1.31. The molecule has 1 atom stereocenters. The third-order valence-electron chi connectivity index (χ3n) is 3.72. The van der Waals surface area contributed by atoms with Crippen molar-refractivity contribution in [2.45, 2.75) is 59.9 Å². The van der Waals surface area contributed by atoms with Crippen molar-refractivity contribution >= 4 is 5.91 Å². The lowest BCUT2D eigenvalue weighted by Gasteiger charge is -2.30. The van der Waals surface area contributed by atoms with Crippen LogP contribution in [0.3, 0.4) is 0 Å². The first-order chi connectivity index (χ1) is 7.16. The number of amides is 1. The van der Waals surface area contributed by atoms with E-state index in [0.29, 0.717) is 6.54 Å². The predicted octanol–water partition coefficient (Wildman–Crippen LogP) is 2.30. The fraction of sp³-hybridized carbons (Fsp3) is 0.923. The van der Waals surface area contributed by atoms with E-state index in [0.717, 1.165) is 12.8 Å². The highest BCUT2D eigenvalue weighted by Crippen LogP contribution is 2.25. The van der Waals surface area contributed by atoms with Gasteiger partial charge in [0.15, 0.2) is 0 Å². The molecule has 0 spiro atoms. The summed E-state index contributed by atoms with van der Waals surface area (Å²) in [4.78, 5) is 11.9. The molecule has 0 aromatic heterocycles. The maximum atomic E-state index is 11.9. The van der Waals surface area contributed by atoms with Crippen LogP contribution in [0.1, 0.15) is 54.4 Å². The second-order valence-electron chi connectivity index (χ2n) is 5.87. The number of nitrogens with one attached hydrogen (secondary N) is 1. The molecule has 96 valence electrons. The summed E-state index contributed by atoms with van der Waals surface area (Å²) in [5, 5.41) is 2.97. The molecular formula is C13H28N2O. The molecule has 1 amide bonds. The van der Waals surface area contributed by atoms with Gasteiger partial charge in [0.05, 0.1) is 0 Å². The Morgan fingerprint density at radius 1 is 1.25 bits per heavy atom. The van der Waals surface area contributed by atoms with Crippen LogP contribution in [-0.2, 0) is 4.79 Å². The van der Waals surface area contributed by atoms with Gasteiger partial charge < -0.3 is 11.1 Å². The molecule has 3 nitrogen and oxygen atoms in total. The van der Waals surface area contributed by atoms with Gasteiger partial charge in [-0.1, -0.05) is 41.5 Å². The quantitative estimate of drug-likeness (QED) is 0.758. The molecule has 1 unspecified atom stereocenters. The molecule has 3 N–H and O–H groups in total. The van der Waals surface area contributed by atoms with Crippen LogP contribution >= 0.6 is 0 Å². The number of carbonyl (C=O) groups is 1. The number of hydrogen-bond donors (Lipinski definition) is 2. The summed E-state index contributed by atoms with van der Waals surface area (Å²) >= 11 is 0. The van der Waals surface area contributed by atoms with Gasteiger partial charge in [-0.05, 0) is 18.3 Å². The van der Waals surface area contributed by atoms with Crippen molar-refractivity contribution < 1.29 is 4.79 Å². The third-order valence-corrected chi connectivity index (χ3v) is 3.72. The van der Waals surface area contributed by atoms with Crippen LogP contribution in [-0.4, -0.2) is 18.0 Å². The van der Waals surface area contributed by atoms with Crippen LogP contribution in [0.4, 0.5) is 0 Å². The Bertz CT molecular complexity index is 227. The minimum absolute atomic E-state index is 0.000227. The molecule has 0 aliphatic carbocycles. The highest BCUT2D eigenvalue weighted by molar-refractivity contribution is 5.79. The van der Waals surface area contributed by atoms with Crippen molar-refractivity contribution in [3.8, 4) is 0 Å². The normalized spacial score (nSPS) is 14.7. The smallest absolute Gasteiger partial charge is 0.223 e. The topological polar surface area (TPSA) is 55.1 Å². The van der Waals surface area contributed by atoms with E-state index < -0.39 is 0 Å². The zero-order chi connectivity index (χ0) is 13.0. The second-order valence-corrected chi connectivity index (χ2v) is 5.87. The first kappa shape index (κ1) is 15.4. The van der Waals surface area contributed by atoms with Crippen LogP contribution in [0, 0.1) is 11.3 Å². The fourth-order valence-corrected chi connectivity index (χ4v) is 1.31. The summed E-state index contributed by atoms with van der Waals surface area (Å²) in [6.45, 7) is 12.9. The number of hydrogen-bond acceptors (Lipinski definition) is 2. The molecule has 0 aromatic carbocycles. The maximum Gasteiger partial charge on any atom is 0.223 e. The highest BCUT2D eigenvalue weighted by atomic mass is 16.1. The van der Waals surface area contributed by atoms with E-state index in [1.54, 1.807) is 0 Å². The van der Waals surface area contributed by atoms with E-state index in [2.05, 4.69) is 39.9 Å². The average molecular weight is 228 g/mol. The molecular weight excluding hydrogens is 200 g/mol. The summed E-state index contributed by atoms with van der Waals surface area (Å²) in [5.74, 6) is 0.106. The Morgan fingerprint density at radius 3 is 2.00 bits per heavy atom. The van der Waals surface area contributed by atoms with Crippen molar-refractivity contribution in [2.24, 2.45) is 17.1 Å². The first-order valence-electron chi connectivity index (χ1n) is 6.23. The third kappa shape index (κ3) is 4.52. The highest BCUT2D eigenvalue weighted by Gasteiger charge is 2.28. The molecule has 0 saturated carbocycles. The lowest BCUT2D eigenvalue weighted by atomic mass is 9.81. The van der Waals surface area contributed by atoms with Crippen molar-refractivity contribution in [1.82, 2.24) is 5.32 Å². The van der Waals surface area contributed by atoms with E-state index in [4.69, 9.17) is 5.73 Å². The van der Waals surface area contributed by atoms with Crippen molar-refractivity contribution in [3.63, 3.8) is 0 Å². The van der Waals surface area contributed by atoms with Crippen LogP contribution in [0.15, 0.2) is 0 Å². The van der Waals surface area contributed by atoms with Gasteiger partial charge in [0.25, 0.3) is 0 Å². The Kier molecular flexibility index (Phi) is 5.47. The molecule has 0 bridgehead atoms. The van der Waals surface area contributed by atoms with E-state index in [1.807, 2.05) is 6.92 Å². The zero-order valence-electron chi connectivity index (χ0n) is 11.7. The number of rotatable bonds is 5. The van der Waals surface area contributed by atoms with Gasteiger partial charge in [-0.15, -0.1) is 0 Å². The van der Waals surface area contributed by atoms with E-state index in [9.17, 15) is 4.79 Å². The SMILES string of the molecule is CCC(N)(CC)CNC(=O)C(C)C(C)(C)C. The summed E-state index contributed by atoms with van der Waals surface area (Å²) in [6, 6.07) is 0. The van der Waals surface area contributed by atoms with Crippen molar-refractivity contribution in [3.05, 3.63) is 0 Å². The largest absolute Gasteiger partial charge is 0.354 e. The van der Waals surface area contributed by atoms with Crippen LogP contribution in [0.2, 0.25) is 0 Å². The van der Waals surface area contributed by atoms with Crippen molar-refractivity contribution in [2.75, 3.05) is 6.54 Å².